The zero-order chi connectivity index (χ0) is 19.3. The van der Waals surface area contributed by atoms with Crippen LogP contribution >= 0.6 is 0 Å². The normalized spacial score (nSPS) is 41.2. The highest BCUT2D eigenvalue weighted by Gasteiger charge is 2.79. The van der Waals surface area contributed by atoms with Crippen LogP contribution in [0.15, 0.2) is 35.9 Å². The highest BCUT2D eigenvalue weighted by atomic mass is 16.6. The Bertz CT molecular complexity index is 945. The minimum absolute atomic E-state index is 0.0591. The number of amides is 1. The molecule has 0 aromatic heterocycles. The molecule has 1 amide bonds. The number of rotatable bonds is 1. The van der Waals surface area contributed by atoms with E-state index in [-0.39, 0.29) is 17.9 Å². The Morgan fingerprint density at radius 3 is 3.00 bits per heavy atom. The molecule has 6 rings (SSSR count). The number of carbonyl (C=O) groups is 2. The summed E-state index contributed by atoms with van der Waals surface area (Å²) in [5, 5.41) is 3.19. The second kappa shape index (κ2) is 5.08. The fourth-order valence-corrected chi connectivity index (χ4v) is 6.69. The van der Waals surface area contributed by atoms with E-state index in [1.165, 1.54) is 12.7 Å². The van der Waals surface area contributed by atoms with E-state index in [4.69, 9.17) is 9.47 Å². The van der Waals surface area contributed by atoms with Crippen LogP contribution in [0.3, 0.4) is 0 Å². The Morgan fingerprint density at radius 2 is 2.21 bits per heavy atom. The maximum Gasteiger partial charge on any atom is 0.410 e. The number of hydrogen-bond donors (Lipinski definition) is 1. The number of nitrogens with zero attached hydrogens (tertiary/aromatic N) is 2. The number of ether oxygens (including phenoxy) is 2. The van der Waals surface area contributed by atoms with Crippen molar-refractivity contribution in [3.05, 3.63) is 41.5 Å². The number of carbonyl (C=O) groups excluding carboxylic acids is 2. The number of nitrogens with one attached hydrogen (secondary N) is 1. The summed E-state index contributed by atoms with van der Waals surface area (Å²) in [6.45, 7) is 3.72. The van der Waals surface area contributed by atoms with Gasteiger partial charge in [0.05, 0.1) is 13.2 Å². The van der Waals surface area contributed by atoms with Gasteiger partial charge in [0.2, 0.25) is 0 Å². The summed E-state index contributed by atoms with van der Waals surface area (Å²) in [5.41, 5.74) is 1.68. The third kappa shape index (κ3) is 1.55. The number of fused-ring (bicyclic) bond motifs is 3. The lowest BCUT2D eigenvalue weighted by Crippen LogP contribution is -2.83. The van der Waals surface area contributed by atoms with Crippen molar-refractivity contribution < 1.29 is 19.1 Å². The van der Waals surface area contributed by atoms with Crippen LogP contribution in [-0.2, 0) is 19.9 Å². The third-order valence-electron chi connectivity index (χ3n) is 7.64. The molecule has 1 aromatic rings. The van der Waals surface area contributed by atoms with Crippen LogP contribution in [0.25, 0.3) is 0 Å². The van der Waals surface area contributed by atoms with E-state index in [9.17, 15) is 9.59 Å². The van der Waals surface area contributed by atoms with Crippen molar-refractivity contribution in [2.75, 3.05) is 25.1 Å². The average molecular weight is 381 g/mol. The zero-order valence-electron chi connectivity index (χ0n) is 16.0. The fraction of sp³-hybridized carbons (Fsp3) is 0.524. The third-order valence-corrected chi connectivity index (χ3v) is 7.64. The molecule has 1 aromatic carbocycles. The molecule has 0 aliphatic carbocycles. The number of esters is 1. The van der Waals surface area contributed by atoms with E-state index < -0.39 is 23.4 Å². The van der Waals surface area contributed by atoms with E-state index in [1.54, 1.807) is 0 Å². The Labute approximate surface area is 163 Å². The maximum absolute atomic E-state index is 13.1. The molecule has 28 heavy (non-hydrogen) atoms. The molecule has 7 heteroatoms. The number of methoxy groups -OCH3 is 1. The van der Waals surface area contributed by atoms with Crippen molar-refractivity contribution in [2.45, 2.75) is 43.1 Å². The molecule has 7 nitrogen and oxygen atoms in total. The van der Waals surface area contributed by atoms with Crippen molar-refractivity contribution >= 4 is 17.7 Å². The minimum Gasteiger partial charge on any atom is -0.467 e. The smallest absolute Gasteiger partial charge is 0.410 e. The van der Waals surface area contributed by atoms with Crippen LogP contribution in [0.5, 0.6) is 0 Å². The number of para-hydroxylation sites is 1. The molecule has 4 saturated heterocycles. The van der Waals surface area contributed by atoms with Gasteiger partial charge >= 0.3 is 12.1 Å². The van der Waals surface area contributed by atoms with Gasteiger partial charge in [0.25, 0.3) is 0 Å². The first-order chi connectivity index (χ1) is 13.6. The average Bonchev–Trinajstić information content (AvgIpc) is 3.14. The van der Waals surface area contributed by atoms with Gasteiger partial charge in [0.1, 0.15) is 6.04 Å². The highest BCUT2D eigenvalue weighted by Crippen LogP contribution is 2.65. The minimum atomic E-state index is -0.777. The predicted octanol–water partition coefficient (Wildman–Crippen LogP) is 1.73. The molecule has 5 heterocycles. The summed E-state index contributed by atoms with van der Waals surface area (Å²) < 4.78 is 11.3. The Kier molecular flexibility index (Phi) is 2.98. The molecule has 1 N–H and O–H groups in total. The second-order valence-corrected chi connectivity index (χ2v) is 8.41. The largest absolute Gasteiger partial charge is 0.467 e. The van der Waals surface area contributed by atoms with Gasteiger partial charge in [0.15, 0.2) is 11.3 Å². The van der Waals surface area contributed by atoms with Crippen molar-refractivity contribution in [3.8, 4) is 0 Å². The molecule has 0 saturated carbocycles. The Morgan fingerprint density at radius 1 is 1.39 bits per heavy atom. The lowest BCUT2D eigenvalue weighted by Gasteiger charge is -2.63. The van der Waals surface area contributed by atoms with Gasteiger partial charge in [-0.3, -0.25) is 10.2 Å². The summed E-state index contributed by atoms with van der Waals surface area (Å²) in [6.07, 6.45) is 3.24. The molecule has 5 unspecified atom stereocenters. The number of piperidine rings is 3. The van der Waals surface area contributed by atoms with Gasteiger partial charge < -0.3 is 14.4 Å². The maximum atomic E-state index is 13.1. The van der Waals surface area contributed by atoms with Crippen LogP contribution in [0.1, 0.15) is 25.3 Å². The van der Waals surface area contributed by atoms with Crippen LogP contribution in [0, 0.1) is 5.92 Å². The summed E-state index contributed by atoms with van der Waals surface area (Å²) in [4.78, 5) is 30.3. The van der Waals surface area contributed by atoms with E-state index in [0.717, 1.165) is 30.8 Å². The van der Waals surface area contributed by atoms with Gasteiger partial charge in [-0.2, -0.15) is 0 Å². The standard InChI is InChI=1S/C21H23N3O4/c1-3-12-11-23-9-8-20-14-6-4-5-7-15(14)24-17(18(25)27-2)13(12)10-16(23)21(20,24)22-19(26)28-20/h3-7,13,16-17H,8-11H2,1-2H3,(H,22,26). The molecule has 146 valence electrons. The van der Waals surface area contributed by atoms with Crippen LogP contribution < -0.4 is 10.2 Å². The number of alkyl carbamates (subject to hydrolysis) is 1. The van der Waals surface area contributed by atoms with Gasteiger partial charge in [-0.25, -0.2) is 9.59 Å². The fourth-order valence-electron chi connectivity index (χ4n) is 6.69. The number of anilines is 1. The monoisotopic (exact) mass is 381 g/mol. The molecule has 4 fully saturated rings. The van der Waals surface area contributed by atoms with Crippen LogP contribution in [0.2, 0.25) is 0 Å². The number of allylic oxidation sites excluding steroid dienone is 1. The second-order valence-electron chi connectivity index (χ2n) is 8.41. The van der Waals surface area contributed by atoms with E-state index in [0.29, 0.717) is 6.42 Å². The molecule has 0 radical (unpaired) electrons. The van der Waals surface area contributed by atoms with Crippen molar-refractivity contribution in [3.63, 3.8) is 0 Å². The Balaban J connectivity index is 1.68. The van der Waals surface area contributed by atoms with E-state index in [1.807, 2.05) is 31.2 Å². The van der Waals surface area contributed by atoms with Crippen molar-refractivity contribution in [1.82, 2.24) is 10.2 Å². The highest BCUT2D eigenvalue weighted by molar-refractivity contribution is 5.88. The molecule has 2 bridgehead atoms. The summed E-state index contributed by atoms with van der Waals surface area (Å²) in [5.74, 6) is -0.202. The van der Waals surface area contributed by atoms with Gasteiger partial charge in [-0.05, 0) is 19.4 Å². The van der Waals surface area contributed by atoms with Gasteiger partial charge in [0, 0.05) is 36.7 Å². The van der Waals surface area contributed by atoms with E-state index >= 15 is 0 Å². The molecule has 1 spiro atoms. The first-order valence-electron chi connectivity index (χ1n) is 9.94. The van der Waals surface area contributed by atoms with Gasteiger partial charge in [-0.1, -0.05) is 29.8 Å². The number of hydrogen-bond acceptors (Lipinski definition) is 6. The first-order valence-corrected chi connectivity index (χ1v) is 9.94. The van der Waals surface area contributed by atoms with Crippen molar-refractivity contribution in [1.29, 1.82) is 0 Å². The SMILES string of the molecule is CC=C1CN2CCC34OC(=O)NC35C2CC1C(C(=O)OC)N5c1ccccc14. The lowest BCUT2D eigenvalue weighted by molar-refractivity contribution is -0.152. The first kappa shape index (κ1) is 16.4. The molecule has 5 atom stereocenters. The zero-order valence-corrected chi connectivity index (χ0v) is 16.0. The number of benzene rings is 1. The predicted molar refractivity (Wildman–Crippen MR) is 101 cm³/mol. The molecule has 5 aliphatic heterocycles. The van der Waals surface area contributed by atoms with Crippen LogP contribution in [-0.4, -0.2) is 54.9 Å². The topological polar surface area (TPSA) is 71.1 Å². The Hall–Kier alpha value is -2.54. The van der Waals surface area contributed by atoms with E-state index in [2.05, 4.69) is 21.2 Å². The summed E-state index contributed by atoms with van der Waals surface area (Å²) >= 11 is 0. The lowest BCUT2D eigenvalue weighted by atomic mass is 9.64. The quantitative estimate of drug-likeness (QED) is 0.590. The molecule has 5 aliphatic rings. The van der Waals surface area contributed by atoms with Crippen LogP contribution in [0.4, 0.5) is 10.5 Å². The molecular formula is C21H23N3O4. The summed E-state index contributed by atoms with van der Waals surface area (Å²) in [6, 6.07) is 7.63. The van der Waals surface area contributed by atoms with Gasteiger partial charge in [-0.15, -0.1) is 0 Å². The van der Waals surface area contributed by atoms with Crippen molar-refractivity contribution in [2.24, 2.45) is 5.92 Å². The summed E-state index contributed by atoms with van der Waals surface area (Å²) in [7, 11) is 1.44. The molecular weight excluding hydrogens is 358 g/mol.